The van der Waals surface area contributed by atoms with Crippen LogP contribution in [0.5, 0.6) is 0 Å². The fourth-order valence-corrected chi connectivity index (χ4v) is 3.33. The van der Waals surface area contributed by atoms with E-state index in [-0.39, 0.29) is 37.0 Å². The maximum absolute atomic E-state index is 13.0. The van der Waals surface area contributed by atoms with Crippen LogP contribution in [0.25, 0.3) is 0 Å². The molecule has 1 aromatic heterocycles. The standard InChI is InChI=1S/C21H30N4O4/c1-5-10-25-19(22)18(20(27)23-21(25)28)24(11-12-29-4)17(26)9-8-16-7-6-14(2)13-15(16)3/h6-7,13H,5,8-12,22H2,1-4H3,(H,23,27,28). The summed E-state index contributed by atoms with van der Waals surface area (Å²) in [5.74, 6) is -0.252. The van der Waals surface area contributed by atoms with Gasteiger partial charge in [-0.3, -0.25) is 19.1 Å². The Morgan fingerprint density at radius 1 is 1.28 bits per heavy atom. The van der Waals surface area contributed by atoms with Crippen molar-refractivity contribution >= 4 is 17.4 Å². The maximum Gasteiger partial charge on any atom is 0.330 e. The topological polar surface area (TPSA) is 110 Å². The summed E-state index contributed by atoms with van der Waals surface area (Å²) >= 11 is 0. The van der Waals surface area contributed by atoms with E-state index in [1.165, 1.54) is 16.6 Å². The number of anilines is 2. The van der Waals surface area contributed by atoms with E-state index in [9.17, 15) is 14.4 Å². The molecule has 1 aromatic carbocycles. The highest BCUT2D eigenvalue weighted by Gasteiger charge is 2.24. The lowest BCUT2D eigenvalue weighted by Gasteiger charge is -2.24. The smallest absolute Gasteiger partial charge is 0.330 e. The third kappa shape index (κ3) is 5.35. The fraction of sp³-hybridized carbons (Fsp3) is 0.476. The summed E-state index contributed by atoms with van der Waals surface area (Å²) < 4.78 is 6.39. The van der Waals surface area contributed by atoms with E-state index in [4.69, 9.17) is 10.5 Å². The van der Waals surface area contributed by atoms with Crippen molar-refractivity contribution in [2.45, 2.75) is 46.6 Å². The van der Waals surface area contributed by atoms with E-state index < -0.39 is 11.2 Å². The van der Waals surface area contributed by atoms with E-state index in [1.54, 1.807) is 0 Å². The SMILES string of the molecule is CCCn1c(N)c(N(CCOC)C(=O)CCc2ccc(C)cc2C)c(=O)[nH]c1=O. The summed E-state index contributed by atoms with van der Waals surface area (Å²) in [4.78, 5) is 41.2. The van der Waals surface area contributed by atoms with Gasteiger partial charge in [-0.05, 0) is 37.8 Å². The number of nitrogens with two attached hydrogens (primary N) is 1. The molecule has 0 aliphatic carbocycles. The largest absolute Gasteiger partial charge is 0.383 e. The minimum atomic E-state index is -0.671. The Hall–Kier alpha value is -2.87. The number of nitrogens with one attached hydrogen (secondary N) is 1. The zero-order valence-electron chi connectivity index (χ0n) is 17.6. The van der Waals surface area contributed by atoms with Crippen molar-refractivity contribution in [3.05, 3.63) is 55.7 Å². The van der Waals surface area contributed by atoms with Crippen molar-refractivity contribution < 1.29 is 9.53 Å². The molecule has 158 valence electrons. The van der Waals surface area contributed by atoms with Gasteiger partial charge in [0, 0.05) is 26.6 Å². The Bertz CT molecular complexity index is 978. The molecule has 0 saturated carbocycles. The molecule has 2 aromatic rings. The van der Waals surface area contributed by atoms with Crippen LogP contribution in [0.4, 0.5) is 11.5 Å². The quantitative estimate of drug-likeness (QED) is 0.664. The van der Waals surface area contributed by atoms with Gasteiger partial charge in [0.25, 0.3) is 5.56 Å². The van der Waals surface area contributed by atoms with Gasteiger partial charge >= 0.3 is 5.69 Å². The lowest BCUT2D eigenvalue weighted by atomic mass is 10.0. The minimum Gasteiger partial charge on any atom is -0.383 e. The number of rotatable bonds is 9. The molecule has 1 amide bonds. The molecule has 2 rings (SSSR count). The first-order valence-electron chi connectivity index (χ1n) is 9.78. The zero-order valence-corrected chi connectivity index (χ0v) is 17.6. The summed E-state index contributed by atoms with van der Waals surface area (Å²) in [6.07, 6.45) is 1.41. The highest BCUT2D eigenvalue weighted by Crippen LogP contribution is 2.19. The van der Waals surface area contributed by atoms with Crippen LogP contribution in [-0.4, -0.2) is 35.7 Å². The van der Waals surface area contributed by atoms with Crippen LogP contribution in [0.3, 0.4) is 0 Å². The molecule has 8 heteroatoms. The molecule has 0 unspecified atom stereocenters. The second-order valence-electron chi connectivity index (χ2n) is 7.11. The van der Waals surface area contributed by atoms with Crippen molar-refractivity contribution in [1.29, 1.82) is 0 Å². The number of nitrogen functional groups attached to an aromatic ring is 1. The molecule has 0 radical (unpaired) electrons. The van der Waals surface area contributed by atoms with Crippen LogP contribution in [-0.2, 0) is 22.5 Å². The fourth-order valence-electron chi connectivity index (χ4n) is 3.33. The van der Waals surface area contributed by atoms with Crippen molar-refractivity contribution in [2.75, 3.05) is 30.9 Å². The van der Waals surface area contributed by atoms with E-state index in [0.717, 1.165) is 16.7 Å². The predicted molar refractivity (Wildman–Crippen MR) is 114 cm³/mol. The van der Waals surface area contributed by atoms with Crippen LogP contribution < -0.4 is 21.9 Å². The maximum atomic E-state index is 13.0. The molecule has 0 spiro atoms. The highest BCUT2D eigenvalue weighted by atomic mass is 16.5. The number of hydrogen-bond donors (Lipinski definition) is 2. The Kier molecular flexibility index (Phi) is 7.78. The number of ether oxygens (including phenoxy) is 1. The van der Waals surface area contributed by atoms with Gasteiger partial charge in [-0.2, -0.15) is 0 Å². The number of methoxy groups -OCH3 is 1. The highest BCUT2D eigenvalue weighted by molar-refractivity contribution is 5.95. The van der Waals surface area contributed by atoms with Gasteiger partial charge in [0.2, 0.25) is 5.91 Å². The summed E-state index contributed by atoms with van der Waals surface area (Å²) in [5.41, 5.74) is 8.25. The lowest BCUT2D eigenvalue weighted by molar-refractivity contribution is -0.118. The third-order valence-electron chi connectivity index (χ3n) is 4.86. The number of nitrogens with zero attached hydrogens (tertiary/aromatic N) is 2. The second kappa shape index (κ2) is 10.1. The van der Waals surface area contributed by atoms with Crippen molar-refractivity contribution in [3.8, 4) is 0 Å². The van der Waals surface area contributed by atoms with Crippen LogP contribution in [0.15, 0.2) is 27.8 Å². The molecular formula is C21H30N4O4. The van der Waals surface area contributed by atoms with Gasteiger partial charge < -0.3 is 15.4 Å². The summed E-state index contributed by atoms with van der Waals surface area (Å²) in [7, 11) is 1.52. The molecular weight excluding hydrogens is 372 g/mol. The van der Waals surface area contributed by atoms with Gasteiger partial charge in [0.1, 0.15) is 5.82 Å². The van der Waals surface area contributed by atoms with Gasteiger partial charge in [-0.1, -0.05) is 30.7 Å². The number of aryl methyl sites for hydroxylation is 3. The normalized spacial score (nSPS) is 10.9. The lowest BCUT2D eigenvalue weighted by Crippen LogP contribution is -2.42. The number of aromatic nitrogens is 2. The number of aromatic amines is 1. The molecule has 29 heavy (non-hydrogen) atoms. The average Bonchev–Trinajstić information content (AvgIpc) is 2.66. The predicted octanol–water partition coefficient (Wildman–Crippen LogP) is 1.76. The van der Waals surface area contributed by atoms with Crippen LogP contribution in [0.1, 0.15) is 36.5 Å². The van der Waals surface area contributed by atoms with E-state index in [1.807, 2.05) is 32.9 Å². The summed E-state index contributed by atoms with van der Waals surface area (Å²) in [5, 5.41) is 0. The number of carbonyl (C=O) groups is 1. The number of carbonyl (C=O) groups excluding carboxylic acids is 1. The molecule has 3 N–H and O–H groups in total. The minimum absolute atomic E-state index is 0.000674. The first-order valence-corrected chi connectivity index (χ1v) is 9.78. The van der Waals surface area contributed by atoms with Crippen molar-refractivity contribution in [1.82, 2.24) is 9.55 Å². The van der Waals surface area contributed by atoms with Crippen LogP contribution in [0.2, 0.25) is 0 Å². The molecule has 0 atom stereocenters. The summed E-state index contributed by atoms with van der Waals surface area (Å²) in [6.45, 7) is 6.69. The Labute approximate surface area is 170 Å². The van der Waals surface area contributed by atoms with Crippen molar-refractivity contribution in [2.24, 2.45) is 0 Å². The molecule has 0 saturated heterocycles. The number of hydrogen-bond acceptors (Lipinski definition) is 5. The monoisotopic (exact) mass is 402 g/mol. The van der Waals surface area contributed by atoms with E-state index >= 15 is 0 Å². The average molecular weight is 402 g/mol. The van der Waals surface area contributed by atoms with E-state index in [2.05, 4.69) is 11.1 Å². The van der Waals surface area contributed by atoms with Crippen LogP contribution in [0, 0.1) is 13.8 Å². The number of amides is 1. The Morgan fingerprint density at radius 3 is 2.62 bits per heavy atom. The molecule has 8 nitrogen and oxygen atoms in total. The Balaban J connectivity index is 2.36. The van der Waals surface area contributed by atoms with Gasteiger partial charge in [-0.25, -0.2) is 4.79 Å². The first kappa shape index (κ1) is 22.4. The molecule has 0 bridgehead atoms. The molecule has 0 aliphatic heterocycles. The van der Waals surface area contributed by atoms with E-state index in [0.29, 0.717) is 19.4 Å². The molecule has 1 heterocycles. The first-order chi connectivity index (χ1) is 13.8. The summed E-state index contributed by atoms with van der Waals surface area (Å²) in [6, 6.07) is 6.10. The molecule has 0 fully saturated rings. The Morgan fingerprint density at radius 2 is 2.00 bits per heavy atom. The second-order valence-corrected chi connectivity index (χ2v) is 7.11. The van der Waals surface area contributed by atoms with Gasteiger partial charge in [0.05, 0.1) is 6.61 Å². The van der Waals surface area contributed by atoms with Gasteiger partial charge in [0.15, 0.2) is 5.69 Å². The van der Waals surface area contributed by atoms with Crippen LogP contribution >= 0.6 is 0 Å². The third-order valence-corrected chi connectivity index (χ3v) is 4.86. The number of H-pyrrole nitrogens is 1. The number of benzene rings is 1. The zero-order chi connectivity index (χ0) is 21.6. The van der Waals surface area contributed by atoms with Crippen molar-refractivity contribution in [3.63, 3.8) is 0 Å². The van der Waals surface area contributed by atoms with Gasteiger partial charge in [-0.15, -0.1) is 0 Å². The molecule has 0 aliphatic rings.